The first kappa shape index (κ1) is 18.7. The van der Waals surface area contributed by atoms with Crippen LogP contribution >= 0.6 is 0 Å². The number of alkyl halides is 3. The summed E-state index contributed by atoms with van der Waals surface area (Å²) in [4.78, 5) is 3.61. The summed E-state index contributed by atoms with van der Waals surface area (Å²) in [6.45, 7) is 3.84. The van der Waals surface area contributed by atoms with E-state index in [0.29, 0.717) is 0 Å². The zero-order valence-electron chi connectivity index (χ0n) is 14.1. The molecule has 9 heteroatoms. The van der Waals surface area contributed by atoms with Crippen molar-refractivity contribution >= 4 is 10.0 Å². The summed E-state index contributed by atoms with van der Waals surface area (Å²) in [7, 11) is -3.65. The fraction of sp³-hybridized carbons (Fsp3) is 0.353. The standard InChI is InChI=1S/C17H17F3N2O3S/c1-11-6-7-14(8-12(11)2)26(23,24)22-9-13(10-22)25-16-5-3-4-15(21-16)17(18,19)20/h3-8,13H,9-10H2,1-2H3. The molecule has 5 nitrogen and oxygen atoms in total. The highest BCUT2D eigenvalue weighted by atomic mass is 32.2. The third-order valence-corrected chi connectivity index (χ3v) is 6.06. The minimum Gasteiger partial charge on any atom is -0.472 e. The third kappa shape index (κ3) is 3.68. The quantitative estimate of drug-likeness (QED) is 0.810. The molecule has 0 spiro atoms. The van der Waals surface area contributed by atoms with Crippen LogP contribution in [0.1, 0.15) is 16.8 Å². The predicted molar refractivity (Wildman–Crippen MR) is 88.3 cm³/mol. The van der Waals surface area contributed by atoms with Crippen molar-refractivity contribution in [1.82, 2.24) is 9.29 Å². The molecule has 0 atom stereocenters. The second kappa shape index (κ2) is 6.55. The van der Waals surface area contributed by atoms with Crippen molar-refractivity contribution in [2.24, 2.45) is 0 Å². The minimum absolute atomic E-state index is 0.0627. The summed E-state index contributed by atoms with van der Waals surface area (Å²) in [5.41, 5.74) is 0.811. The molecule has 140 valence electrons. The molecule has 0 aliphatic carbocycles. The number of sulfonamides is 1. The average molecular weight is 386 g/mol. The number of hydrogen-bond acceptors (Lipinski definition) is 4. The second-order valence-corrected chi connectivity index (χ2v) is 8.10. The van der Waals surface area contributed by atoms with Gasteiger partial charge in [-0.1, -0.05) is 12.1 Å². The van der Waals surface area contributed by atoms with Gasteiger partial charge in [-0.2, -0.15) is 17.5 Å². The molecule has 26 heavy (non-hydrogen) atoms. The summed E-state index contributed by atoms with van der Waals surface area (Å²) < 4.78 is 69.7. The molecule has 1 aliphatic rings. The zero-order valence-corrected chi connectivity index (χ0v) is 14.9. The van der Waals surface area contributed by atoms with Crippen LogP contribution in [0, 0.1) is 13.8 Å². The highest BCUT2D eigenvalue weighted by molar-refractivity contribution is 7.89. The maximum atomic E-state index is 12.7. The van der Waals surface area contributed by atoms with E-state index in [1.807, 2.05) is 13.8 Å². The number of pyridine rings is 1. The molecule has 0 radical (unpaired) electrons. The number of halogens is 3. The fourth-order valence-electron chi connectivity index (χ4n) is 2.50. The Balaban J connectivity index is 1.66. The fourth-order valence-corrected chi connectivity index (χ4v) is 4.09. The van der Waals surface area contributed by atoms with Crippen LogP contribution < -0.4 is 4.74 Å². The van der Waals surface area contributed by atoms with Crippen LogP contribution in [-0.2, 0) is 16.2 Å². The molecule has 1 aromatic heterocycles. The SMILES string of the molecule is Cc1ccc(S(=O)(=O)N2CC(Oc3cccc(C(F)(F)F)n3)C2)cc1C. The van der Waals surface area contributed by atoms with E-state index in [0.717, 1.165) is 17.2 Å². The number of rotatable bonds is 4. The molecule has 1 aromatic carbocycles. The highest BCUT2D eigenvalue weighted by Crippen LogP contribution is 2.30. The first-order valence-corrected chi connectivity index (χ1v) is 9.30. The lowest BCUT2D eigenvalue weighted by molar-refractivity contribution is -0.141. The van der Waals surface area contributed by atoms with Gasteiger partial charge in [0.25, 0.3) is 0 Å². The van der Waals surface area contributed by atoms with E-state index in [2.05, 4.69) is 4.98 Å². The number of aromatic nitrogens is 1. The Kier molecular flexibility index (Phi) is 4.70. The van der Waals surface area contributed by atoms with Crippen molar-refractivity contribution in [1.29, 1.82) is 0 Å². The average Bonchev–Trinajstić information content (AvgIpc) is 2.52. The Morgan fingerprint density at radius 2 is 1.81 bits per heavy atom. The summed E-state index contributed by atoms with van der Waals surface area (Å²) in [6.07, 6.45) is -5.09. The van der Waals surface area contributed by atoms with Gasteiger partial charge in [0.15, 0.2) is 0 Å². The van der Waals surface area contributed by atoms with Gasteiger partial charge in [-0.25, -0.2) is 13.4 Å². The smallest absolute Gasteiger partial charge is 0.433 e. The maximum absolute atomic E-state index is 12.7. The Bertz CT molecular complexity index is 923. The Hall–Kier alpha value is -2.13. The summed E-state index contributed by atoms with van der Waals surface area (Å²) >= 11 is 0. The van der Waals surface area contributed by atoms with Crippen molar-refractivity contribution in [2.75, 3.05) is 13.1 Å². The topological polar surface area (TPSA) is 59.5 Å². The number of ether oxygens (including phenoxy) is 1. The van der Waals surface area contributed by atoms with E-state index < -0.39 is 28.0 Å². The van der Waals surface area contributed by atoms with Gasteiger partial charge in [0.1, 0.15) is 11.8 Å². The molecule has 0 N–H and O–H groups in total. The molecular formula is C17H17F3N2O3S. The van der Waals surface area contributed by atoms with E-state index in [4.69, 9.17) is 4.74 Å². The van der Waals surface area contributed by atoms with E-state index in [9.17, 15) is 21.6 Å². The summed E-state index contributed by atoms with van der Waals surface area (Å²) in [5.74, 6) is -0.173. The van der Waals surface area contributed by atoms with Gasteiger partial charge in [0, 0.05) is 6.07 Å². The van der Waals surface area contributed by atoms with Crippen molar-refractivity contribution in [3.63, 3.8) is 0 Å². The summed E-state index contributed by atoms with van der Waals surface area (Å²) in [5, 5.41) is 0. The largest absolute Gasteiger partial charge is 0.472 e. The van der Waals surface area contributed by atoms with Crippen molar-refractivity contribution in [3.05, 3.63) is 53.2 Å². The molecule has 1 saturated heterocycles. The lowest BCUT2D eigenvalue weighted by atomic mass is 10.1. The van der Waals surface area contributed by atoms with E-state index >= 15 is 0 Å². The first-order chi connectivity index (χ1) is 12.1. The predicted octanol–water partition coefficient (Wildman–Crippen LogP) is 3.17. The van der Waals surface area contributed by atoms with Crippen LogP contribution in [0.25, 0.3) is 0 Å². The van der Waals surface area contributed by atoms with Gasteiger partial charge in [0.05, 0.1) is 18.0 Å². The molecule has 2 aromatic rings. The minimum atomic E-state index is -4.56. The zero-order chi connectivity index (χ0) is 19.1. The highest BCUT2D eigenvalue weighted by Gasteiger charge is 2.39. The first-order valence-electron chi connectivity index (χ1n) is 7.86. The van der Waals surface area contributed by atoms with Gasteiger partial charge in [0.2, 0.25) is 15.9 Å². The Morgan fingerprint density at radius 1 is 1.12 bits per heavy atom. The molecule has 0 unspecified atom stereocenters. The van der Waals surface area contributed by atoms with Crippen LogP contribution in [0.3, 0.4) is 0 Å². The normalized spacial score (nSPS) is 16.3. The third-order valence-electron chi connectivity index (χ3n) is 4.23. The molecule has 0 saturated carbocycles. The lowest BCUT2D eigenvalue weighted by Gasteiger charge is -2.37. The Labute approximate surface area is 149 Å². The van der Waals surface area contributed by atoms with Crippen LogP contribution in [0.5, 0.6) is 5.88 Å². The van der Waals surface area contributed by atoms with Gasteiger partial charge in [-0.3, -0.25) is 0 Å². The van der Waals surface area contributed by atoms with E-state index in [-0.39, 0.29) is 23.9 Å². The van der Waals surface area contributed by atoms with Gasteiger partial charge < -0.3 is 4.74 Å². The molecule has 1 aliphatic heterocycles. The number of benzene rings is 1. The molecule has 0 amide bonds. The monoisotopic (exact) mass is 386 g/mol. The second-order valence-electron chi connectivity index (χ2n) is 6.17. The van der Waals surface area contributed by atoms with Crippen LogP contribution in [-0.4, -0.2) is 36.9 Å². The Morgan fingerprint density at radius 3 is 2.42 bits per heavy atom. The van der Waals surface area contributed by atoms with Crippen molar-refractivity contribution in [3.8, 4) is 5.88 Å². The van der Waals surface area contributed by atoms with Crippen LogP contribution in [0.2, 0.25) is 0 Å². The van der Waals surface area contributed by atoms with Crippen molar-refractivity contribution in [2.45, 2.75) is 31.0 Å². The van der Waals surface area contributed by atoms with E-state index in [1.54, 1.807) is 18.2 Å². The van der Waals surface area contributed by atoms with E-state index in [1.165, 1.54) is 16.4 Å². The maximum Gasteiger partial charge on any atom is 0.433 e. The van der Waals surface area contributed by atoms with Crippen LogP contribution in [0.4, 0.5) is 13.2 Å². The molecule has 2 heterocycles. The van der Waals surface area contributed by atoms with Gasteiger partial charge >= 0.3 is 6.18 Å². The molecule has 0 bridgehead atoms. The lowest BCUT2D eigenvalue weighted by Crippen LogP contribution is -2.56. The molecule has 3 rings (SSSR count). The summed E-state index contributed by atoms with van der Waals surface area (Å²) in [6, 6.07) is 8.25. The van der Waals surface area contributed by atoms with Gasteiger partial charge in [-0.05, 0) is 43.2 Å². The van der Waals surface area contributed by atoms with Crippen molar-refractivity contribution < 1.29 is 26.3 Å². The van der Waals surface area contributed by atoms with Gasteiger partial charge in [-0.15, -0.1) is 0 Å². The number of hydrogen-bond donors (Lipinski definition) is 0. The number of nitrogens with zero attached hydrogens (tertiary/aromatic N) is 2. The molecular weight excluding hydrogens is 369 g/mol. The molecule has 1 fully saturated rings. The van der Waals surface area contributed by atoms with Crippen LogP contribution in [0.15, 0.2) is 41.3 Å². The number of aryl methyl sites for hydroxylation is 2.